The minimum Gasteiger partial charge on any atom is -0.511 e. The molecule has 0 saturated carbocycles. The lowest BCUT2D eigenvalue weighted by molar-refractivity contribution is -0.141. The maximum absolute atomic E-state index is 15.7. The Bertz CT molecular complexity index is 4030. The van der Waals surface area contributed by atoms with Crippen LogP contribution in [0.1, 0.15) is 131 Å². The van der Waals surface area contributed by atoms with E-state index in [0.29, 0.717) is 42.6 Å². The number of carbonyl (C=O) groups is 3. The molecule has 0 radical (unpaired) electrons. The number of fused-ring (bicyclic) bond motifs is 10. The Morgan fingerprint density at radius 1 is 0.528 bits per heavy atom. The van der Waals surface area contributed by atoms with E-state index < -0.39 is 0 Å². The molecule has 16 heteroatoms. The van der Waals surface area contributed by atoms with Crippen LogP contribution in [0.2, 0.25) is 0 Å². The SMILES string of the molecule is CCC1=C(C)C2=NC1=CC1=C(C)C3=C(O)CC(=C4NC(=CC5=NC(=C2)C(CN(CC2=C(C)C6=NC2=CC2=NC(=CC7=C(C)C8=C(O)CC(=C9NC(=C6)[C@@H](C)[C@@H]9CCC(=O)OC)C8=N7)C(CC)=C2C)C(=O)c2ccccc2)=C5C)[C@@H](C)[C@@H]4CCC(=O)OC)C3=N1. The van der Waals surface area contributed by atoms with Crippen molar-refractivity contribution >= 4 is 52.1 Å². The molecule has 4 atom stereocenters. The number of nitrogens with one attached hydrogen (secondary N) is 2. The molecule has 2 aliphatic carbocycles. The molecule has 12 aliphatic rings. The highest BCUT2D eigenvalue weighted by Gasteiger charge is 2.44. The van der Waals surface area contributed by atoms with Gasteiger partial charge in [-0.2, -0.15) is 0 Å². The maximum Gasteiger partial charge on any atom is 0.305 e. The fraction of sp³-hybridized carbons (Fsp3) is 0.356. The molecule has 13 rings (SSSR count). The number of nitrogens with zero attached hydrogens (tertiary/aromatic N) is 7. The predicted octanol–water partition coefficient (Wildman–Crippen LogP) is 13.4. The standard InChI is InChI=1S/C73H75N9O7/c1-13-43-34(3)53-28-61-49(38(7)51(76-61)26-55-36(5)45(20-22-65(85)88-11)69(78-55)47-24-63(83)67-40(9)57(80-71(47)67)30-59(43)74-53)32-82(73(87)42-18-16-15-17-19-42)33-50-39(8)52-27-56-37(6)46(21-23-66(86)89-12)70(79-56)48-25-64(84)68-41(10)58(81-72(48)68)31-60-44(14-2)35(4)54(75-60)29-62(50)77-52/h15-19,26-31,36-37,45-46,78-79,83-84H,13-14,20-25,32-33H2,1-12H3/t36-,37-,45-,46-/m0/s1. The van der Waals surface area contributed by atoms with Crippen LogP contribution < -0.4 is 10.6 Å². The van der Waals surface area contributed by atoms with Crippen LogP contribution in [0.25, 0.3) is 0 Å². The van der Waals surface area contributed by atoms with Crippen LogP contribution in [0.5, 0.6) is 0 Å². The lowest BCUT2D eigenvalue weighted by Crippen LogP contribution is -2.35. The van der Waals surface area contributed by atoms with Crippen LogP contribution in [0.4, 0.5) is 0 Å². The first kappa shape index (κ1) is 58.7. The highest BCUT2D eigenvalue weighted by Crippen LogP contribution is 2.49. The summed E-state index contributed by atoms with van der Waals surface area (Å²) >= 11 is 0. The summed E-state index contributed by atoms with van der Waals surface area (Å²) in [6.07, 6.45) is 15.9. The van der Waals surface area contributed by atoms with Gasteiger partial charge in [-0.3, -0.25) is 14.4 Å². The largest absolute Gasteiger partial charge is 0.511 e. The van der Waals surface area contributed by atoms with E-state index in [2.05, 4.69) is 90.3 Å². The van der Waals surface area contributed by atoms with Crippen LogP contribution in [0.15, 0.2) is 243 Å². The van der Waals surface area contributed by atoms with Gasteiger partial charge >= 0.3 is 11.9 Å². The average Bonchev–Trinajstić information content (AvgIpc) is 1.61. The number of amides is 1. The van der Waals surface area contributed by atoms with Gasteiger partial charge in [0.25, 0.3) is 5.91 Å². The molecule has 2 fully saturated rings. The van der Waals surface area contributed by atoms with Gasteiger partial charge < -0.3 is 35.2 Å². The molecule has 0 unspecified atom stereocenters. The van der Waals surface area contributed by atoms with Crippen molar-refractivity contribution in [2.45, 2.75) is 121 Å². The molecular weight excluding hydrogens is 1110 g/mol. The molecule has 10 aliphatic heterocycles. The van der Waals surface area contributed by atoms with Crippen LogP contribution in [-0.4, -0.2) is 94.5 Å². The van der Waals surface area contributed by atoms with E-state index >= 15 is 4.79 Å². The zero-order chi connectivity index (χ0) is 62.6. The van der Waals surface area contributed by atoms with Crippen molar-refractivity contribution < 1.29 is 34.1 Å². The second-order valence-electron chi connectivity index (χ2n) is 24.9. The summed E-state index contributed by atoms with van der Waals surface area (Å²) in [5.41, 5.74) is 25.9. The molecule has 89 heavy (non-hydrogen) atoms. The number of esters is 2. The minimum absolute atomic E-state index is 0.0908. The Kier molecular flexibility index (Phi) is 15.0. The first-order chi connectivity index (χ1) is 42.8. The monoisotopic (exact) mass is 1190 g/mol. The molecule has 4 N–H and O–H groups in total. The molecule has 2 saturated heterocycles. The second-order valence-corrected chi connectivity index (χ2v) is 24.9. The van der Waals surface area contributed by atoms with Gasteiger partial charge in [-0.15, -0.1) is 0 Å². The smallest absolute Gasteiger partial charge is 0.305 e. The summed E-state index contributed by atoms with van der Waals surface area (Å²) < 4.78 is 10.3. The highest BCUT2D eigenvalue weighted by molar-refractivity contribution is 6.23. The van der Waals surface area contributed by atoms with Gasteiger partial charge in [0.2, 0.25) is 0 Å². The number of hydrogen-bond donors (Lipinski definition) is 4. The normalized spacial score (nSPS) is 24.1. The van der Waals surface area contributed by atoms with E-state index in [4.69, 9.17) is 39.4 Å². The van der Waals surface area contributed by atoms with Gasteiger partial charge in [-0.25, -0.2) is 30.0 Å². The third-order valence-electron chi connectivity index (χ3n) is 20.1. The summed E-state index contributed by atoms with van der Waals surface area (Å²) in [7, 11) is 2.83. The van der Waals surface area contributed by atoms with Gasteiger partial charge in [-0.05, 0) is 160 Å². The highest BCUT2D eigenvalue weighted by atomic mass is 16.5. The number of rotatable bonds is 13. The molecule has 1 amide bonds. The van der Waals surface area contributed by atoms with E-state index in [1.165, 1.54) is 14.2 Å². The molecule has 1 aromatic rings. The Balaban J connectivity index is 0.957. The summed E-state index contributed by atoms with van der Waals surface area (Å²) in [6.45, 7) is 21.3. The van der Waals surface area contributed by atoms with Crippen molar-refractivity contribution in [2.75, 3.05) is 27.3 Å². The number of methoxy groups -OCH3 is 2. The molecule has 1 aromatic carbocycles. The van der Waals surface area contributed by atoms with Crippen LogP contribution in [0.3, 0.4) is 0 Å². The first-order valence-electron chi connectivity index (χ1n) is 31.2. The maximum atomic E-state index is 15.7. The number of ether oxygens (including phenoxy) is 2. The molecule has 16 bridgehead atoms. The number of carbonyl (C=O) groups excluding carboxylic acids is 3. The van der Waals surface area contributed by atoms with Crippen molar-refractivity contribution in [3.05, 3.63) is 219 Å². The van der Waals surface area contributed by atoms with Crippen molar-refractivity contribution in [2.24, 2.45) is 53.6 Å². The molecule has 454 valence electrons. The lowest BCUT2D eigenvalue weighted by atomic mass is 9.86. The molecule has 0 spiro atoms. The van der Waals surface area contributed by atoms with Gasteiger partial charge in [0, 0.05) is 124 Å². The first-order valence-corrected chi connectivity index (χ1v) is 31.2. The molecule has 16 nitrogen and oxygen atoms in total. The topological polar surface area (TPSA) is 212 Å². The van der Waals surface area contributed by atoms with Crippen LogP contribution in [0, 0.1) is 23.7 Å². The minimum atomic E-state index is -0.292. The van der Waals surface area contributed by atoms with Gasteiger partial charge in [-0.1, -0.05) is 45.9 Å². The van der Waals surface area contributed by atoms with E-state index in [1.54, 1.807) is 0 Å². The van der Waals surface area contributed by atoms with Crippen molar-refractivity contribution in [3.63, 3.8) is 0 Å². The van der Waals surface area contributed by atoms with E-state index in [0.717, 1.165) is 171 Å². The average molecular weight is 1190 g/mol. The number of aliphatic imine (C=N–C) groups is 6. The molecule has 0 aromatic heterocycles. The van der Waals surface area contributed by atoms with Gasteiger partial charge in [0.15, 0.2) is 0 Å². The van der Waals surface area contributed by atoms with E-state index in [-0.39, 0.29) is 79.0 Å². The summed E-state index contributed by atoms with van der Waals surface area (Å²) in [4.78, 5) is 75.4. The van der Waals surface area contributed by atoms with Gasteiger partial charge in [0.05, 0.1) is 82.7 Å². The Hall–Kier alpha value is -9.31. The van der Waals surface area contributed by atoms with Crippen molar-refractivity contribution in [1.29, 1.82) is 0 Å². The number of hydrogen-bond acceptors (Lipinski definition) is 15. The fourth-order valence-electron chi connectivity index (χ4n) is 14.8. The summed E-state index contributed by atoms with van der Waals surface area (Å²) in [5, 5.41) is 31.0. The Labute approximate surface area is 519 Å². The fourth-order valence-corrected chi connectivity index (χ4v) is 14.8. The second kappa shape index (κ2) is 22.7. The van der Waals surface area contributed by atoms with Crippen LogP contribution in [-0.2, 0) is 19.1 Å². The third-order valence-corrected chi connectivity index (χ3v) is 20.1. The van der Waals surface area contributed by atoms with Gasteiger partial charge in [0.1, 0.15) is 11.5 Å². The van der Waals surface area contributed by atoms with Crippen molar-refractivity contribution in [1.82, 2.24) is 15.5 Å². The van der Waals surface area contributed by atoms with E-state index in [9.17, 15) is 19.8 Å². The summed E-state index contributed by atoms with van der Waals surface area (Å²) in [5.74, 6) is -0.659. The third kappa shape index (κ3) is 9.86. The molecule has 10 heterocycles. The van der Waals surface area contributed by atoms with E-state index in [1.807, 2.05) is 61.2 Å². The zero-order valence-electron chi connectivity index (χ0n) is 52.8. The zero-order valence-corrected chi connectivity index (χ0v) is 52.8. The lowest BCUT2D eigenvalue weighted by Gasteiger charge is -2.26. The number of aliphatic hydroxyl groups excluding tert-OH is 2. The summed E-state index contributed by atoms with van der Waals surface area (Å²) in [6, 6.07) is 9.40. The number of aliphatic hydroxyl groups is 2. The number of allylic oxidation sites excluding steroid dienone is 22. The quantitative estimate of drug-likeness (QED) is 0.138. The molecular formula is C73H75N9O7. The van der Waals surface area contributed by atoms with Crippen LogP contribution >= 0.6 is 0 Å². The van der Waals surface area contributed by atoms with Crippen molar-refractivity contribution in [3.8, 4) is 0 Å². The predicted molar refractivity (Wildman–Crippen MR) is 349 cm³/mol. The number of benzene rings is 1. The Morgan fingerprint density at radius 3 is 1.30 bits per heavy atom. The Morgan fingerprint density at radius 2 is 0.910 bits per heavy atom.